The molecular weight excluding hydrogens is 252 g/mol. The summed E-state index contributed by atoms with van der Waals surface area (Å²) < 4.78 is 26.4. The molecule has 1 fully saturated rings. The quantitative estimate of drug-likeness (QED) is 0.589. The van der Waals surface area contributed by atoms with Crippen molar-refractivity contribution in [2.75, 3.05) is 18.5 Å². The van der Waals surface area contributed by atoms with Crippen LogP contribution in [0.4, 0.5) is 5.82 Å². The predicted molar refractivity (Wildman–Crippen MR) is 69.2 cm³/mol. The monoisotopic (exact) mass is 270 g/mol. The van der Waals surface area contributed by atoms with E-state index in [9.17, 15) is 8.42 Å². The first-order valence-electron chi connectivity index (χ1n) is 6.00. The van der Waals surface area contributed by atoms with Crippen molar-refractivity contribution in [3.05, 3.63) is 18.3 Å². The molecule has 7 heteroatoms. The summed E-state index contributed by atoms with van der Waals surface area (Å²) in [5, 5.41) is 0. The van der Waals surface area contributed by atoms with E-state index in [0.29, 0.717) is 24.8 Å². The van der Waals surface area contributed by atoms with Crippen molar-refractivity contribution in [3.63, 3.8) is 0 Å². The van der Waals surface area contributed by atoms with Crippen LogP contribution in [0.2, 0.25) is 0 Å². The predicted octanol–water partition coefficient (Wildman–Crippen LogP) is 0.788. The van der Waals surface area contributed by atoms with Crippen LogP contribution in [0.5, 0.6) is 0 Å². The highest BCUT2D eigenvalue weighted by atomic mass is 32.2. The molecule has 0 spiro atoms. The van der Waals surface area contributed by atoms with Crippen molar-refractivity contribution in [1.29, 1.82) is 0 Å². The number of aromatic nitrogens is 1. The van der Waals surface area contributed by atoms with E-state index in [2.05, 4.69) is 10.4 Å². The molecule has 0 radical (unpaired) electrons. The standard InChI is InChI=1S/C11H18N4O2S/c1-2-15(8-9-3-4-9)18(16,17)10-5-6-13-11(7-10)14-12/h5-7,9H,2-4,8,12H2,1H3,(H,13,14). The van der Waals surface area contributed by atoms with Crippen molar-refractivity contribution in [2.24, 2.45) is 11.8 Å². The molecule has 1 aromatic rings. The van der Waals surface area contributed by atoms with Crippen molar-refractivity contribution < 1.29 is 8.42 Å². The molecule has 1 aliphatic carbocycles. The van der Waals surface area contributed by atoms with Gasteiger partial charge in [0.2, 0.25) is 10.0 Å². The summed E-state index contributed by atoms with van der Waals surface area (Å²) in [5.41, 5.74) is 2.36. The van der Waals surface area contributed by atoms with Gasteiger partial charge in [0, 0.05) is 25.4 Å². The number of nitrogens with one attached hydrogen (secondary N) is 1. The Morgan fingerprint density at radius 2 is 2.28 bits per heavy atom. The van der Waals surface area contributed by atoms with E-state index in [1.165, 1.54) is 22.6 Å². The smallest absolute Gasteiger partial charge is 0.243 e. The molecule has 100 valence electrons. The van der Waals surface area contributed by atoms with Gasteiger partial charge in [-0.25, -0.2) is 19.2 Å². The lowest BCUT2D eigenvalue weighted by molar-refractivity contribution is 0.412. The number of sulfonamides is 1. The Morgan fingerprint density at radius 1 is 1.56 bits per heavy atom. The highest BCUT2D eigenvalue weighted by molar-refractivity contribution is 7.89. The van der Waals surface area contributed by atoms with E-state index < -0.39 is 10.0 Å². The molecule has 3 N–H and O–H groups in total. The van der Waals surface area contributed by atoms with Gasteiger partial charge in [-0.3, -0.25) is 0 Å². The minimum absolute atomic E-state index is 0.230. The highest BCUT2D eigenvalue weighted by Gasteiger charge is 2.30. The topological polar surface area (TPSA) is 88.3 Å². The third kappa shape index (κ3) is 2.80. The minimum atomic E-state index is -3.44. The van der Waals surface area contributed by atoms with Crippen molar-refractivity contribution >= 4 is 15.8 Å². The maximum absolute atomic E-state index is 12.4. The van der Waals surface area contributed by atoms with E-state index in [1.807, 2.05) is 6.92 Å². The van der Waals surface area contributed by atoms with Gasteiger partial charge in [-0.2, -0.15) is 4.31 Å². The molecule has 0 bridgehead atoms. The SMILES string of the molecule is CCN(CC1CC1)S(=O)(=O)c1ccnc(NN)c1. The van der Waals surface area contributed by atoms with Crippen LogP contribution in [0.15, 0.2) is 23.2 Å². The van der Waals surface area contributed by atoms with E-state index in [1.54, 1.807) is 0 Å². The fraction of sp³-hybridized carbons (Fsp3) is 0.545. The third-order valence-corrected chi connectivity index (χ3v) is 4.97. The van der Waals surface area contributed by atoms with Crippen LogP contribution in [0.3, 0.4) is 0 Å². The maximum Gasteiger partial charge on any atom is 0.243 e. The van der Waals surface area contributed by atoms with Gasteiger partial charge in [0.1, 0.15) is 5.82 Å². The molecule has 0 atom stereocenters. The van der Waals surface area contributed by atoms with E-state index >= 15 is 0 Å². The Morgan fingerprint density at radius 3 is 2.83 bits per heavy atom. The molecular formula is C11H18N4O2S. The van der Waals surface area contributed by atoms with E-state index in [-0.39, 0.29) is 4.90 Å². The number of nitrogens with two attached hydrogens (primary N) is 1. The molecule has 18 heavy (non-hydrogen) atoms. The highest BCUT2D eigenvalue weighted by Crippen LogP contribution is 2.31. The molecule has 0 unspecified atom stereocenters. The second kappa shape index (κ2) is 5.21. The lowest BCUT2D eigenvalue weighted by Gasteiger charge is -2.20. The molecule has 0 saturated heterocycles. The molecule has 1 aromatic heterocycles. The summed E-state index contributed by atoms with van der Waals surface area (Å²) in [6.07, 6.45) is 3.68. The van der Waals surface area contributed by atoms with Gasteiger partial charge in [0.15, 0.2) is 0 Å². The summed E-state index contributed by atoms with van der Waals surface area (Å²) in [5.74, 6) is 6.11. The van der Waals surface area contributed by atoms with Gasteiger partial charge in [0.25, 0.3) is 0 Å². The van der Waals surface area contributed by atoms with Gasteiger partial charge >= 0.3 is 0 Å². The molecule has 1 saturated carbocycles. The van der Waals surface area contributed by atoms with Crippen molar-refractivity contribution in [2.45, 2.75) is 24.7 Å². The summed E-state index contributed by atoms with van der Waals surface area (Å²) in [6.45, 7) is 2.93. The lowest BCUT2D eigenvalue weighted by Crippen LogP contribution is -2.32. The van der Waals surface area contributed by atoms with Gasteiger partial charge in [-0.05, 0) is 24.8 Å². The number of pyridine rings is 1. The first-order chi connectivity index (χ1) is 8.57. The fourth-order valence-electron chi connectivity index (χ4n) is 1.79. The van der Waals surface area contributed by atoms with E-state index in [0.717, 1.165) is 12.8 Å². The van der Waals surface area contributed by atoms with Gasteiger partial charge in [-0.15, -0.1) is 0 Å². The summed E-state index contributed by atoms with van der Waals surface area (Å²) in [6, 6.07) is 2.94. The zero-order valence-electron chi connectivity index (χ0n) is 10.3. The number of rotatable bonds is 6. The van der Waals surface area contributed by atoms with Crippen LogP contribution in [0.25, 0.3) is 0 Å². The van der Waals surface area contributed by atoms with Crippen LogP contribution >= 0.6 is 0 Å². The van der Waals surface area contributed by atoms with Gasteiger partial charge in [0.05, 0.1) is 4.90 Å². The summed E-state index contributed by atoms with van der Waals surface area (Å²) in [7, 11) is -3.44. The second-order valence-corrected chi connectivity index (χ2v) is 6.36. The molecule has 1 heterocycles. The number of hydrogen-bond acceptors (Lipinski definition) is 5. The molecule has 0 amide bonds. The van der Waals surface area contributed by atoms with Gasteiger partial charge < -0.3 is 5.43 Å². The molecule has 6 nitrogen and oxygen atoms in total. The minimum Gasteiger partial charge on any atom is -0.308 e. The normalized spacial score (nSPS) is 15.9. The number of hydrazine groups is 1. The fourth-order valence-corrected chi connectivity index (χ4v) is 3.32. The molecule has 0 aromatic carbocycles. The average molecular weight is 270 g/mol. The number of hydrogen-bond donors (Lipinski definition) is 2. The number of anilines is 1. The lowest BCUT2D eigenvalue weighted by atomic mass is 10.4. The maximum atomic E-state index is 12.4. The largest absolute Gasteiger partial charge is 0.308 e. The second-order valence-electron chi connectivity index (χ2n) is 4.42. The van der Waals surface area contributed by atoms with Gasteiger partial charge in [-0.1, -0.05) is 6.92 Å². The number of nitrogens with zero attached hydrogens (tertiary/aromatic N) is 2. The molecule has 1 aliphatic rings. The first-order valence-corrected chi connectivity index (χ1v) is 7.44. The molecule has 2 rings (SSSR count). The Balaban J connectivity index is 2.26. The molecule has 0 aliphatic heterocycles. The Labute approximate surface area is 107 Å². The average Bonchev–Trinajstić information content (AvgIpc) is 3.19. The van der Waals surface area contributed by atoms with Crippen LogP contribution < -0.4 is 11.3 Å². The van der Waals surface area contributed by atoms with Crippen LogP contribution in [0.1, 0.15) is 19.8 Å². The Bertz CT molecular complexity index is 514. The van der Waals surface area contributed by atoms with Crippen LogP contribution in [-0.2, 0) is 10.0 Å². The summed E-state index contributed by atoms with van der Waals surface area (Å²) in [4.78, 5) is 4.14. The number of nitrogen functional groups attached to an aromatic ring is 1. The summed E-state index contributed by atoms with van der Waals surface area (Å²) >= 11 is 0. The van der Waals surface area contributed by atoms with E-state index in [4.69, 9.17) is 5.84 Å². The Hall–Kier alpha value is -1.18. The van der Waals surface area contributed by atoms with Crippen molar-refractivity contribution in [3.8, 4) is 0 Å². The first kappa shape index (κ1) is 13.3. The van der Waals surface area contributed by atoms with Crippen LogP contribution in [0, 0.1) is 5.92 Å². The zero-order chi connectivity index (χ0) is 13.2. The van der Waals surface area contributed by atoms with Crippen molar-refractivity contribution in [1.82, 2.24) is 9.29 Å². The van der Waals surface area contributed by atoms with Crippen LogP contribution in [-0.4, -0.2) is 30.8 Å². The zero-order valence-corrected chi connectivity index (χ0v) is 11.2. The Kier molecular flexibility index (Phi) is 3.84. The third-order valence-electron chi connectivity index (χ3n) is 3.03.